The average molecular weight is 355 g/mol. The molecule has 0 aliphatic rings. The normalized spacial score (nSPS) is 10.6. The first-order valence-corrected chi connectivity index (χ1v) is 7.67. The van der Waals surface area contributed by atoms with Crippen molar-refractivity contribution in [2.75, 3.05) is 13.6 Å². The Bertz CT molecular complexity index is 574. The smallest absolute Gasteiger partial charge is 0.139 e. The maximum absolute atomic E-state index is 6.13. The largest absolute Gasteiger partial charge is 0.487 e. The van der Waals surface area contributed by atoms with Crippen LogP contribution in [0, 0.1) is 0 Å². The molecule has 106 valence electrons. The number of hydrogen-bond acceptors (Lipinski definition) is 2. The molecule has 20 heavy (non-hydrogen) atoms. The summed E-state index contributed by atoms with van der Waals surface area (Å²) in [7, 11) is 1.96. The zero-order valence-corrected chi connectivity index (χ0v) is 13.7. The second-order valence-corrected chi connectivity index (χ2v) is 5.81. The van der Waals surface area contributed by atoms with Gasteiger partial charge in [-0.3, -0.25) is 0 Å². The highest BCUT2D eigenvalue weighted by molar-refractivity contribution is 9.10. The number of nitrogens with one attached hydrogen (secondary N) is 1. The third-order valence-corrected chi connectivity index (χ3v) is 3.84. The molecule has 0 spiro atoms. The minimum atomic E-state index is 0.524. The zero-order valence-electron chi connectivity index (χ0n) is 11.3. The van der Waals surface area contributed by atoms with Crippen molar-refractivity contribution >= 4 is 27.5 Å². The molecular weight excluding hydrogens is 338 g/mol. The van der Waals surface area contributed by atoms with Crippen LogP contribution in [-0.4, -0.2) is 13.6 Å². The van der Waals surface area contributed by atoms with Gasteiger partial charge in [-0.05, 0) is 49.3 Å². The molecular formula is C16H17BrClNO. The SMILES string of the molecule is CNCCc1ccccc1COc1cc(Br)ccc1Cl. The minimum absolute atomic E-state index is 0.524. The summed E-state index contributed by atoms with van der Waals surface area (Å²) in [6, 6.07) is 13.9. The molecule has 0 aliphatic carbocycles. The van der Waals surface area contributed by atoms with Gasteiger partial charge < -0.3 is 10.1 Å². The van der Waals surface area contributed by atoms with Crippen LogP contribution in [0.4, 0.5) is 0 Å². The summed E-state index contributed by atoms with van der Waals surface area (Å²) in [6.07, 6.45) is 0.988. The molecule has 2 aromatic rings. The van der Waals surface area contributed by atoms with Crippen molar-refractivity contribution in [3.8, 4) is 5.75 Å². The lowest BCUT2D eigenvalue weighted by atomic mass is 10.1. The highest BCUT2D eigenvalue weighted by Gasteiger charge is 2.05. The molecule has 2 rings (SSSR count). The van der Waals surface area contributed by atoms with Crippen LogP contribution in [0.5, 0.6) is 5.75 Å². The predicted molar refractivity (Wildman–Crippen MR) is 87.6 cm³/mol. The van der Waals surface area contributed by atoms with E-state index in [9.17, 15) is 0 Å². The van der Waals surface area contributed by atoms with E-state index in [0.717, 1.165) is 17.4 Å². The Morgan fingerprint density at radius 1 is 1.15 bits per heavy atom. The Labute approximate surface area is 133 Å². The van der Waals surface area contributed by atoms with Gasteiger partial charge in [0.05, 0.1) is 5.02 Å². The van der Waals surface area contributed by atoms with E-state index in [2.05, 4.69) is 39.4 Å². The summed E-state index contributed by atoms with van der Waals surface area (Å²) in [5.74, 6) is 0.699. The van der Waals surface area contributed by atoms with Crippen LogP contribution in [0.1, 0.15) is 11.1 Å². The molecule has 0 atom stereocenters. The summed E-state index contributed by atoms with van der Waals surface area (Å²) in [6.45, 7) is 1.48. The van der Waals surface area contributed by atoms with Gasteiger partial charge in [-0.25, -0.2) is 0 Å². The Balaban J connectivity index is 2.08. The molecule has 0 aliphatic heterocycles. The van der Waals surface area contributed by atoms with Crippen molar-refractivity contribution in [2.45, 2.75) is 13.0 Å². The fourth-order valence-electron chi connectivity index (χ4n) is 1.95. The summed E-state index contributed by atoms with van der Waals surface area (Å²) >= 11 is 9.55. The number of rotatable bonds is 6. The maximum Gasteiger partial charge on any atom is 0.139 e. The Kier molecular flexibility index (Phi) is 5.89. The molecule has 0 amide bonds. The van der Waals surface area contributed by atoms with E-state index in [-0.39, 0.29) is 0 Å². The number of ether oxygens (including phenoxy) is 1. The first-order valence-electron chi connectivity index (χ1n) is 6.50. The maximum atomic E-state index is 6.13. The van der Waals surface area contributed by atoms with Gasteiger partial charge in [-0.15, -0.1) is 0 Å². The molecule has 0 saturated heterocycles. The van der Waals surface area contributed by atoms with Gasteiger partial charge in [0, 0.05) is 4.47 Å². The summed E-state index contributed by atoms with van der Waals surface area (Å²) < 4.78 is 6.80. The van der Waals surface area contributed by atoms with Crippen molar-refractivity contribution in [3.63, 3.8) is 0 Å². The summed E-state index contributed by atoms with van der Waals surface area (Å²) in [5, 5.41) is 3.79. The van der Waals surface area contributed by atoms with Crippen molar-refractivity contribution in [3.05, 3.63) is 63.1 Å². The molecule has 0 saturated carbocycles. The molecule has 0 fully saturated rings. The topological polar surface area (TPSA) is 21.3 Å². The van der Waals surface area contributed by atoms with Crippen LogP contribution < -0.4 is 10.1 Å². The first kappa shape index (κ1) is 15.4. The van der Waals surface area contributed by atoms with E-state index in [1.807, 2.05) is 31.3 Å². The molecule has 1 N–H and O–H groups in total. The van der Waals surface area contributed by atoms with Crippen LogP contribution in [0.3, 0.4) is 0 Å². The van der Waals surface area contributed by atoms with Crippen LogP contribution in [-0.2, 0) is 13.0 Å². The molecule has 0 unspecified atom stereocenters. The molecule has 4 heteroatoms. The first-order chi connectivity index (χ1) is 9.70. The fraction of sp³-hybridized carbons (Fsp3) is 0.250. The van der Waals surface area contributed by atoms with Crippen LogP contribution in [0.25, 0.3) is 0 Å². The van der Waals surface area contributed by atoms with Gasteiger partial charge in [0.1, 0.15) is 12.4 Å². The Morgan fingerprint density at radius 3 is 2.65 bits per heavy atom. The number of benzene rings is 2. The molecule has 0 radical (unpaired) electrons. The molecule has 0 heterocycles. The van der Waals surface area contributed by atoms with E-state index in [0.29, 0.717) is 17.4 Å². The predicted octanol–water partition coefficient (Wildman–Crippen LogP) is 4.44. The number of hydrogen-bond donors (Lipinski definition) is 1. The van der Waals surface area contributed by atoms with Crippen molar-refractivity contribution < 1.29 is 4.74 Å². The standard InChI is InChI=1S/C16H17BrClNO/c1-19-9-8-12-4-2-3-5-13(12)11-20-16-10-14(17)6-7-15(16)18/h2-7,10,19H,8-9,11H2,1H3. The molecule has 2 aromatic carbocycles. The van der Waals surface area contributed by atoms with E-state index in [4.69, 9.17) is 16.3 Å². The van der Waals surface area contributed by atoms with E-state index >= 15 is 0 Å². The monoisotopic (exact) mass is 353 g/mol. The number of halogens is 2. The average Bonchev–Trinajstić information content (AvgIpc) is 2.47. The van der Waals surface area contributed by atoms with Crippen LogP contribution >= 0.6 is 27.5 Å². The van der Waals surface area contributed by atoms with Crippen LogP contribution in [0.15, 0.2) is 46.9 Å². The van der Waals surface area contributed by atoms with Crippen molar-refractivity contribution in [2.24, 2.45) is 0 Å². The van der Waals surface area contributed by atoms with Crippen molar-refractivity contribution in [1.82, 2.24) is 5.32 Å². The fourth-order valence-corrected chi connectivity index (χ4v) is 2.46. The highest BCUT2D eigenvalue weighted by Crippen LogP contribution is 2.28. The Hall–Kier alpha value is -1.03. The third kappa shape index (κ3) is 4.23. The van der Waals surface area contributed by atoms with Gasteiger partial charge in [-0.2, -0.15) is 0 Å². The quantitative estimate of drug-likeness (QED) is 0.828. The minimum Gasteiger partial charge on any atom is -0.487 e. The highest BCUT2D eigenvalue weighted by atomic mass is 79.9. The van der Waals surface area contributed by atoms with E-state index < -0.39 is 0 Å². The second kappa shape index (κ2) is 7.67. The van der Waals surface area contributed by atoms with Crippen molar-refractivity contribution in [1.29, 1.82) is 0 Å². The lowest BCUT2D eigenvalue weighted by Gasteiger charge is -2.12. The molecule has 2 nitrogen and oxygen atoms in total. The van der Waals surface area contributed by atoms with Gasteiger partial charge in [0.15, 0.2) is 0 Å². The lowest BCUT2D eigenvalue weighted by molar-refractivity contribution is 0.305. The molecule has 0 aromatic heterocycles. The van der Waals surface area contributed by atoms with Crippen LogP contribution in [0.2, 0.25) is 5.02 Å². The van der Waals surface area contributed by atoms with Gasteiger partial charge >= 0.3 is 0 Å². The van der Waals surface area contributed by atoms with E-state index in [1.165, 1.54) is 11.1 Å². The zero-order chi connectivity index (χ0) is 14.4. The Morgan fingerprint density at radius 2 is 1.90 bits per heavy atom. The lowest BCUT2D eigenvalue weighted by Crippen LogP contribution is -2.12. The third-order valence-electron chi connectivity index (χ3n) is 3.04. The second-order valence-electron chi connectivity index (χ2n) is 4.49. The van der Waals surface area contributed by atoms with Gasteiger partial charge in [0.25, 0.3) is 0 Å². The van der Waals surface area contributed by atoms with Gasteiger partial charge in [-0.1, -0.05) is 51.8 Å². The van der Waals surface area contributed by atoms with Gasteiger partial charge in [0.2, 0.25) is 0 Å². The number of likely N-dealkylation sites (N-methyl/N-ethyl adjacent to an activating group) is 1. The molecule has 0 bridgehead atoms. The summed E-state index contributed by atoms with van der Waals surface area (Å²) in [5.41, 5.74) is 2.49. The van der Waals surface area contributed by atoms with E-state index in [1.54, 1.807) is 0 Å². The summed E-state index contributed by atoms with van der Waals surface area (Å²) in [4.78, 5) is 0.